The fourth-order valence-corrected chi connectivity index (χ4v) is 3.92. The van der Waals surface area contributed by atoms with Gasteiger partial charge >= 0.3 is 12.1 Å². The van der Waals surface area contributed by atoms with Gasteiger partial charge in [0.25, 0.3) is 0 Å². The Morgan fingerprint density at radius 3 is 2.45 bits per heavy atom. The highest BCUT2D eigenvalue weighted by Crippen LogP contribution is 2.31. The minimum absolute atomic E-state index is 0.0287. The monoisotopic (exact) mass is 463 g/mol. The lowest BCUT2D eigenvalue weighted by atomic mass is 9.90. The Kier molecular flexibility index (Phi) is 7.34. The molecule has 0 bridgehead atoms. The van der Waals surface area contributed by atoms with Gasteiger partial charge in [-0.1, -0.05) is 24.3 Å². The van der Waals surface area contributed by atoms with E-state index in [1.165, 1.54) is 26.0 Å². The van der Waals surface area contributed by atoms with Crippen LogP contribution in [-0.4, -0.2) is 40.6 Å². The van der Waals surface area contributed by atoms with Gasteiger partial charge in [-0.3, -0.25) is 4.79 Å². The van der Waals surface area contributed by atoms with Crippen molar-refractivity contribution in [3.8, 4) is 5.75 Å². The fraction of sp³-hybridized carbons (Fsp3) is 0.440. The number of hydrogen-bond donors (Lipinski definition) is 1. The number of benzene rings is 2. The molecule has 0 spiro atoms. The molecule has 1 aliphatic rings. The Labute approximate surface area is 191 Å². The standard InChI is InChI=1S/C25H28F3NO4/c1-24(2,23(31)32)33-21-7-3-5-18(15-21)19-6-4-14-29(16-19)22(30)13-10-17-8-11-20(12-9-17)25(26,27)28/h3,5,7-9,11-12,15,19H,4,6,10,13-14,16H2,1-2H3,(H,31,32)/t19-/m1/s1. The number of halogens is 3. The van der Waals surface area contributed by atoms with Gasteiger partial charge in [0.05, 0.1) is 5.56 Å². The van der Waals surface area contributed by atoms with E-state index in [2.05, 4.69) is 0 Å². The van der Waals surface area contributed by atoms with Crippen LogP contribution in [0.1, 0.15) is 55.7 Å². The Balaban J connectivity index is 1.59. The smallest absolute Gasteiger partial charge is 0.416 e. The summed E-state index contributed by atoms with van der Waals surface area (Å²) in [6.07, 6.45) is -2.03. The highest BCUT2D eigenvalue weighted by Gasteiger charge is 2.31. The van der Waals surface area contributed by atoms with Gasteiger partial charge in [-0.2, -0.15) is 13.2 Å². The first kappa shape index (κ1) is 24.6. The number of rotatable bonds is 7. The average molecular weight is 463 g/mol. The van der Waals surface area contributed by atoms with Crippen molar-refractivity contribution in [1.29, 1.82) is 0 Å². The number of hydrogen-bond acceptors (Lipinski definition) is 3. The van der Waals surface area contributed by atoms with Gasteiger partial charge < -0.3 is 14.7 Å². The molecule has 1 atom stereocenters. The number of aryl methyl sites for hydroxylation is 1. The van der Waals surface area contributed by atoms with Crippen molar-refractivity contribution in [2.45, 2.75) is 57.2 Å². The maximum absolute atomic E-state index is 12.8. The van der Waals surface area contributed by atoms with Gasteiger partial charge in [0.1, 0.15) is 5.75 Å². The van der Waals surface area contributed by atoms with Crippen molar-refractivity contribution < 1.29 is 32.6 Å². The van der Waals surface area contributed by atoms with Gasteiger partial charge in [-0.25, -0.2) is 4.79 Å². The number of carbonyl (C=O) groups is 2. The molecule has 1 N–H and O–H groups in total. The normalized spacial score (nSPS) is 17.0. The molecule has 1 amide bonds. The van der Waals surface area contributed by atoms with E-state index in [-0.39, 0.29) is 18.2 Å². The van der Waals surface area contributed by atoms with E-state index < -0.39 is 23.3 Å². The van der Waals surface area contributed by atoms with E-state index in [0.717, 1.165) is 30.5 Å². The molecule has 1 fully saturated rings. The van der Waals surface area contributed by atoms with Crippen LogP contribution in [0.3, 0.4) is 0 Å². The summed E-state index contributed by atoms with van der Waals surface area (Å²) >= 11 is 0. The molecule has 0 aromatic heterocycles. The molecule has 33 heavy (non-hydrogen) atoms. The zero-order chi connectivity index (χ0) is 24.2. The Morgan fingerprint density at radius 2 is 1.82 bits per heavy atom. The van der Waals surface area contributed by atoms with Crippen molar-refractivity contribution in [2.24, 2.45) is 0 Å². The summed E-state index contributed by atoms with van der Waals surface area (Å²) in [5.41, 5.74) is -0.384. The van der Waals surface area contributed by atoms with E-state index in [1.807, 2.05) is 18.2 Å². The van der Waals surface area contributed by atoms with Crippen LogP contribution in [0.5, 0.6) is 5.75 Å². The van der Waals surface area contributed by atoms with Crippen molar-refractivity contribution in [1.82, 2.24) is 4.90 Å². The molecule has 2 aromatic rings. The third-order valence-corrected chi connectivity index (χ3v) is 5.90. The summed E-state index contributed by atoms with van der Waals surface area (Å²) in [6.45, 7) is 4.15. The molecule has 1 saturated heterocycles. The summed E-state index contributed by atoms with van der Waals surface area (Å²) in [7, 11) is 0. The van der Waals surface area contributed by atoms with Crippen molar-refractivity contribution in [2.75, 3.05) is 13.1 Å². The molecule has 3 rings (SSSR count). The number of carboxylic acid groups (broad SMARTS) is 1. The van der Waals surface area contributed by atoms with Gasteiger partial charge in [0.2, 0.25) is 5.91 Å². The number of aliphatic carboxylic acids is 1. The largest absolute Gasteiger partial charge is 0.478 e. The van der Waals surface area contributed by atoms with Crippen molar-refractivity contribution in [3.05, 3.63) is 65.2 Å². The average Bonchev–Trinajstić information content (AvgIpc) is 2.77. The van der Waals surface area contributed by atoms with E-state index >= 15 is 0 Å². The molecular formula is C25H28F3NO4. The van der Waals surface area contributed by atoms with Crippen LogP contribution in [0.15, 0.2) is 48.5 Å². The van der Waals surface area contributed by atoms with Crippen LogP contribution in [0.2, 0.25) is 0 Å². The summed E-state index contributed by atoms with van der Waals surface area (Å²) in [6, 6.07) is 12.2. The molecule has 8 heteroatoms. The molecule has 0 unspecified atom stereocenters. The van der Waals surface area contributed by atoms with Crippen molar-refractivity contribution >= 4 is 11.9 Å². The van der Waals surface area contributed by atoms with Crippen LogP contribution in [0, 0.1) is 0 Å². The second kappa shape index (κ2) is 9.85. The number of amides is 1. The second-order valence-electron chi connectivity index (χ2n) is 8.86. The number of likely N-dealkylation sites (tertiary alicyclic amines) is 1. The number of carbonyl (C=O) groups excluding carboxylic acids is 1. The minimum Gasteiger partial charge on any atom is -0.478 e. The fourth-order valence-electron chi connectivity index (χ4n) is 3.92. The molecule has 178 valence electrons. The van der Waals surface area contributed by atoms with Crippen LogP contribution in [0.25, 0.3) is 0 Å². The molecule has 1 aliphatic heterocycles. The predicted octanol–water partition coefficient (Wildman–Crippen LogP) is 5.29. The van der Waals surface area contributed by atoms with Gasteiger partial charge in [0.15, 0.2) is 5.60 Å². The lowest BCUT2D eigenvalue weighted by Gasteiger charge is -2.33. The van der Waals surface area contributed by atoms with E-state index in [4.69, 9.17) is 4.74 Å². The third kappa shape index (κ3) is 6.49. The number of alkyl halides is 3. The SMILES string of the molecule is CC(C)(Oc1cccc([C@@H]2CCCN(C(=O)CCc3ccc(C(F)(F)F)cc3)C2)c1)C(=O)O. The molecule has 0 aliphatic carbocycles. The van der Waals surface area contributed by atoms with E-state index in [0.29, 0.717) is 30.8 Å². The van der Waals surface area contributed by atoms with Crippen LogP contribution in [0.4, 0.5) is 13.2 Å². The topological polar surface area (TPSA) is 66.8 Å². The zero-order valence-corrected chi connectivity index (χ0v) is 18.7. The first-order valence-electron chi connectivity index (χ1n) is 10.9. The lowest BCUT2D eigenvalue weighted by molar-refractivity contribution is -0.152. The molecule has 0 saturated carbocycles. The van der Waals surface area contributed by atoms with E-state index in [9.17, 15) is 27.9 Å². The molecule has 1 heterocycles. The minimum atomic E-state index is -4.37. The van der Waals surface area contributed by atoms with E-state index in [1.54, 1.807) is 11.0 Å². The number of piperidine rings is 1. The summed E-state index contributed by atoms with van der Waals surface area (Å²) in [5, 5.41) is 9.28. The first-order valence-corrected chi connectivity index (χ1v) is 10.9. The first-order chi connectivity index (χ1) is 15.5. The Hall–Kier alpha value is -3.03. The highest BCUT2D eigenvalue weighted by atomic mass is 19.4. The molecular weight excluding hydrogens is 435 g/mol. The maximum Gasteiger partial charge on any atom is 0.416 e. The maximum atomic E-state index is 12.8. The number of carboxylic acids is 1. The van der Waals surface area contributed by atoms with Crippen molar-refractivity contribution in [3.63, 3.8) is 0 Å². The summed E-state index contributed by atoms with van der Waals surface area (Å²) in [4.78, 5) is 25.9. The van der Waals surface area contributed by atoms with Crippen LogP contribution in [-0.2, 0) is 22.2 Å². The van der Waals surface area contributed by atoms with Crippen LogP contribution < -0.4 is 4.74 Å². The lowest BCUT2D eigenvalue weighted by Crippen LogP contribution is -2.39. The Morgan fingerprint density at radius 1 is 1.12 bits per heavy atom. The molecule has 5 nitrogen and oxygen atoms in total. The van der Waals surface area contributed by atoms with Crippen LogP contribution >= 0.6 is 0 Å². The highest BCUT2D eigenvalue weighted by molar-refractivity contribution is 5.77. The summed E-state index contributed by atoms with van der Waals surface area (Å²) in [5.74, 6) is -0.523. The van der Waals surface area contributed by atoms with Gasteiger partial charge in [0, 0.05) is 25.4 Å². The third-order valence-electron chi connectivity index (χ3n) is 5.90. The van der Waals surface area contributed by atoms with Gasteiger partial charge in [-0.15, -0.1) is 0 Å². The number of ether oxygens (including phenoxy) is 1. The quantitative estimate of drug-likeness (QED) is 0.606. The summed E-state index contributed by atoms with van der Waals surface area (Å²) < 4.78 is 43.7. The Bertz CT molecular complexity index is 986. The molecule has 2 aromatic carbocycles. The van der Waals surface area contributed by atoms with Gasteiger partial charge in [-0.05, 0) is 68.5 Å². The molecule has 0 radical (unpaired) electrons. The number of nitrogens with zero attached hydrogens (tertiary/aromatic N) is 1. The predicted molar refractivity (Wildman–Crippen MR) is 117 cm³/mol. The zero-order valence-electron chi connectivity index (χ0n) is 18.7. The second-order valence-corrected chi connectivity index (χ2v) is 8.86.